The van der Waals surface area contributed by atoms with Crippen LogP contribution in [0.5, 0.6) is 0 Å². The number of piperidine rings is 1. The first-order valence-electron chi connectivity index (χ1n) is 9.57. The number of likely N-dealkylation sites (tertiary alicyclic amines) is 1. The fraction of sp³-hybridized carbons (Fsp3) is 0.737. The van der Waals surface area contributed by atoms with Gasteiger partial charge in [0.25, 0.3) is 0 Å². The largest absolute Gasteiger partial charge is 0.359 e. The van der Waals surface area contributed by atoms with Crippen LogP contribution in [-0.2, 0) is 17.6 Å². The first-order chi connectivity index (χ1) is 12.1. The molecule has 1 aromatic heterocycles. The molecule has 0 spiro atoms. The number of rotatable bonds is 5. The molecule has 1 fully saturated rings. The molecule has 138 valence electrons. The number of aryl methyl sites for hydroxylation is 2. The molecule has 1 amide bonds. The van der Waals surface area contributed by atoms with Crippen LogP contribution in [0.2, 0.25) is 0 Å². The Hall–Kier alpha value is -1.69. The average molecular weight is 345 g/mol. The van der Waals surface area contributed by atoms with Crippen LogP contribution in [0.1, 0.15) is 42.8 Å². The van der Waals surface area contributed by atoms with Crippen molar-refractivity contribution in [3.8, 4) is 0 Å². The standard InChI is InChI=1S/C19H31N5O/c1-14-21-17-7-5-4-6-16(17)19(22-14)23(3)12-15-8-10-24(11-9-15)13-18(25)20-2/h15H,4-13H2,1-3H3,(H,20,25). The van der Waals surface area contributed by atoms with E-state index in [0.29, 0.717) is 12.5 Å². The van der Waals surface area contributed by atoms with Crippen molar-refractivity contribution in [1.29, 1.82) is 0 Å². The summed E-state index contributed by atoms with van der Waals surface area (Å²) in [5, 5.41) is 2.71. The number of carbonyl (C=O) groups excluding carboxylic acids is 1. The van der Waals surface area contributed by atoms with Crippen LogP contribution in [0.25, 0.3) is 0 Å². The highest BCUT2D eigenvalue weighted by atomic mass is 16.1. The molecule has 3 rings (SSSR count). The molecule has 1 aromatic rings. The predicted molar refractivity (Wildman–Crippen MR) is 99.9 cm³/mol. The zero-order valence-corrected chi connectivity index (χ0v) is 15.8. The zero-order chi connectivity index (χ0) is 17.8. The molecule has 25 heavy (non-hydrogen) atoms. The number of aromatic nitrogens is 2. The molecule has 1 saturated heterocycles. The van der Waals surface area contributed by atoms with Gasteiger partial charge in [0.1, 0.15) is 11.6 Å². The molecule has 0 bridgehead atoms. The van der Waals surface area contributed by atoms with Crippen molar-refractivity contribution in [2.24, 2.45) is 5.92 Å². The van der Waals surface area contributed by atoms with Gasteiger partial charge >= 0.3 is 0 Å². The van der Waals surface area contributed by atoms with E-state index in [1.54, 1.807) is 7.05 Å². The van der Waals surface area contributed by atoms with E-state index in [9.17, 15) is 4.79 Å². The third kappa shape index (κ3) is 4.48. The van der Waals surface area contributed by atoms with Crippen LogP contribution in [0.3, 0.4) is 0 Å². The van der Waals surface area contributed by atoms with Gasteiger partial charge in [0.15, 0.2) is 0 Å². The highest BCUT2D eigenvalue weighted by Gasteiger charge is 2.24. The zero-order valence-electron chi connectivity index (χ0n) is 15.8. The lowest BCUT2D eigenvalue weighted by molar-refractivity contribution is -0.122. The third-order valence-electron chi connectivity index (χ3n) is 5.52. The Balaban J connectivity index is 1.59. The van der Waals surface area contributed by atoms with Crippen LogP contribution in [0.15, 0.2) is 0 Å². The molecule has 0 atom stereocenters. The van der Waals surface area contributed by atoms with Gasteiger partial charge in [0, 0.05) is 31.9 Å². The maximum absolute atomic E-state index is 11.5. The summed E-state index contributed by atoms with van der Waals surface area (Å²) in [4.78, 5) is 25.6. The molecule has 1 aliphatic heterocycles. The minimum atomic E-state index is 0.110. The van der Waals surface area contributed by atoms with Crippen LogP contribution in [-0.4, -0.2) is 61.0 Å². The molecule has 2 heterocycles. The van der Waals surface area contributed by atoms with Crippen LogP contribution >= 0.6 is 0 Å². The van der Waals surface area contributed by atoms with Crippen molar-refractivity contribution in [3.05, 3.63) is 17.1 Å². The third-order valence-corrected chi connectivity index (χ3v) is 5.52. The molecule has 6 heteroatoms. The van der Waals surface area contributed by atoms with Crippen molar-refractivity contribution < 1.29 is 4.79 Å². The lowest BCUT2D eigenvalue weighted by Crippen LogP contribution is -2.42. The van der Waals surface area contributed by atoms with Gasteiger partial charge in [-0.05, 0) is 64.5 Å². The van der Waals surface area contributed by atoms with Gasteiger partial charge in [-0.2, -0.15) is 0 Å². The van der Waals surface area contributed by atoms with Crippen LogP contribution in [0, 0.1) is 12.8 Å². The summed E-state index contributed by atoms with van der Waals surface area (Å²) in [6.45, 7) is 5.58. The molecule has 0 radical (unpaired) electrons. The molecular formula is C19H31N5O. The first-order valence-corrected chi connectivity index (χ1v) is 9.57. The SMILES string of the molecule is CNC(=O)CN1CCC(CN(C)c2nc(C)nc3c2CCCC3)CC1. The van der Waals surface area contributed by atoms with E-state index < -0.39 is 0 Å². The van der Waals surface area contributed by atoms with E-state index in [0.717, 1.165) is 57.0 Å². The normalized spacial score (nSPS) is 18.7. The molecule has 1 aliphatic carbocycles. The molecular weight excluding hydrogens is 314 g/mol. The number of hydrogen-bond acceptors (Lipinski definition) is 5. The average Bonchev–Trinajstić information content (AvgIpc) is 2.62. The van der Waals surface area contributed by atoms with Crippen molar-refractivity contribution >= 4 is 11.7 Å². The monoisotopic (exact) mass is 345 g/mol. The van der Waals surface area contributed by atoms with Crippen molar-refractivity contribution in [2.75, 3.05) is 45.2 Å². The number of carbonyl (C=O) groups is 1. The summed E-state index contributed by atoms with van der Waals surface area (Å²) < 4.78 is 0. The van der Waals surface area contributed by atoms with Crippen molar-refractivity contribution in [3.63, 3.8) is 0 Å². The maximum Gasteiger partial charge on any atom is 0.233 e. The maximum atomic E-state index is 11.5. The van der Waals surface area contributed by atoms with Crippen molar-refractivity contribution in [2.45, 2.75) is 45.4 Å². The van der Waals surface area contributed by atoms with Crippen LogP contribution < -0.4 is 10.2 Å². The Kier molecular flexibility index (Phi) is 5.89. The number of nitrogens with one attached hydrogen (secondary N) is 1. The van der Waals surface area contributed by atoms with Gasteiger partial charge in [-0.25, -0.2) is 9.97 Å². The second kappa shape index (κ2) is 8.13. The van der Waals surface area contributed by atoms with E-state index in [2.05, 4.69) is 27.1 Å². The van der Waals surface area contributed by atoms with E-state index in [-0.39, 0.29) is 5.91 Å². The second-order valence-electron chi connectivity index (χ2n) is 7.50. The van der Waals surface area contributed by atoms with Gasteiger partial charge in [-0.1, -0.05) is 0 Å². The summed E-state index contributed by atoms with van der Waals surface area (Å²) >= 11 is 0. The second-order valence-corrected chi connectivity index (χ2v) is 7.50. The highest BCUT2D eigenvalue weighted by Crippen LogP contribution is 2.29. The molecule has 2 aliphatic rings. The summed E-state index contributed by atoms with van der Waals surface area (Å²) in [5.41, 5.74) is 2.64. The Morgan fingerprint density at radius 3 is 2.68 bits per heavy atom. The van der Waals surface area contributed by atoms with Gasteiger partial charge in [-0.15, -0.1) is 0 Å². The first kappa shape index (κ1) is 18.1. The Morgan fingerprint density at radius 1 is 1.24 bits per heavy atom. The molecule has 0 saturated carbocycles. The predicted octanol–water partition coefficient (Wildman–Crippen LogP) is 1.56. The molecule has 6 nitrogen and oxygen atoms in total. The summed E-state index contributed by atoms with van der Waals surface area (Å²) in [6.07, 6.45) is 6.99. The van der Waals surface area contributed by atoms with E-state index in [1.165, 1.54) is 24.1 Å². The number of anilines is 1. The number of amides is 1. The Labute approximate surface area is 151 Å². The van der Waals surface area contributed by atoms with E-state index in [1.807, 2.05) is 6.92 Å². The number of fused-ring (bicyclic) bond motifs is 1. The topological polar surface area (TPSA) is 61.4 Å². The number of likely N-dealkylation sites (N-methyl/N-ethyl adjacent to an activating group) is 1. The fourth-order valence-corrected chi connectivity index (χ4v) is 4.09. The lowest BCUT2D eigenvalue weighted by atomic mass is 9.94. The summed E-state index contributed by atoms with van der Waals surface area (Å²) in [5.74, 6) is 2.82. The molecule has 0 aromatic carbocycles. The van der Waals surface area contributed by atoms with E-state index >= 15 is 0 Å². The Morgan fingerprint density at radius 2 is 1.96 bits per heavy atom. The van der Waals surface area contributed by atoms with Gasteiger partial charge in [0.05, 0.1) is 6.54 Å². The summed E-state index contributed by atoms with van der Waals surface area (Å²) in [6, 6.07) is 0. The Bertz CT molecular complexity index is 610. The van der Waals surface area contributed by atoms with Crippen LogP contribution in [0.4, 0.5) is 5.82 Å². The minimum Gasteiger partial charge on any atom is -0.359 e. The van der Waals surface area contributed by atoms with E-state index in [4.69, 9.17) is 4.98 Å². The highest BCUT2D eigenvalue weighted by molar-refractivity contribution is 5.77. The smallest absolute Gasteiger partial charge is 0.233 e. The minimum absolute atomic E-state index is 0.110. The molecule has 0 unspecified atom stereocenters. The van der Waals surface area contributed by atoms with Gasteiger partial charge in [-0.3, -0.25) is 9.69 Å². The number of nitrogens with zero attached hydrogens (tertiary/aromatic N) is 4. The summed E-state index contributed by atoms with van der Waals surface area (Å²) in [7, 11) is 3.88. The van der Waals surface area contributed by atoms with Gasteiger partial charge in [0.2, 0.25) is 5.91 Å². The van der Waals surface area contributed by atoms with Crippen molar-refractivity contribution in [1.82, 2.24) is 20.2 Å². The van der Waals surface area contributed by atoms with Gasteiger partial charge < -0.3 is 10.2 Å². The fourth-order valence-electron chi connectivity index (χ4n) is 4.09. The lowest BCUT2D eigenvalue weighted by Gasteiger charge is -2.34. The molecule has 1 N–H and O–H groups in total. The number of hydrogen-bond donors (Lipinski definition) is 1. The quantitative estimate of drug-likeness (QED) is 0.877.